The van der Waals surface area contributed by atoms with E-state index in [0.717, 1.165) is 32.9 Å². The highest BCUT2D eigenvalue weighted by Crippen LogP contribution is 2.50. The van der Waals surface area contributed by atoms with Gasteiger partial charge in [-0.25, -0.2) is 0 Å². The van der Waals surface area contributed by atoms with Crippen molar-refractivity contribution >= 4 is 63.3 Å². The lowest BCUT2D eigenvalue weighted by molar-refractivity contribution is -0.387. The van der Waals surface area contributed by atoms with E-state index in [-0.39, 0.29) is 10.0 Å². The van der Waals surface area contributed by atoms with Crippen molar-refractivity contribution in [3.63, 3.8) is 0 Å². The molecule has 8 nitrogen and oxygen atoms in total. The number of benzene rings is 1. The van der Waals surface area contributed by atoms with E-state index in [4.69, 9.17) is 17.3 Å². The highest BCUT2D eigenvalue weighted by Gasteiger charge is 2.34. The van der Waals surface area contributed by atoms with Crippen molar-refractivity contribution in [1.29, 1.82) is 0 Å². The number of carbonyl (C=O) groups is 2. The van der Waals surface area contributed by atoms with Crippen LogP contribution in [-0.2, 0) is 9.59 Å². The number of carboxylic acid groups (broad SMARTS) is 1. The van der Waals surface area contributed by atoms with Crippen LogP contribution < -0.4 is 4.90 Å². The number of rotatable bonds is 5. The zero-order valence-electron chi connectivity index (χ0n) is 14.9. The highest BCUT2D eigenvalue weighted by molar-refractivity contribution is 8.26. The molecule has 0 aromatic heterocycles. The number of fused-ring (bicyclic) bond motifs is 1. The van der Waals surface area contributed by atoms with Crippen molar-refractivity contribution in [2.24, 2.45) is 0 Å². The van der Waals surface area contributed by atoms with Crippen LogP contribution in [0.1, 0.15) is 12.5 Å². The van der Waals surface area contributed by atoms with Crippen LogP contribution in [0.2, 0.25) is 0 Å². The van der Waals surface area contributed by atoms with Crippen LogP contribution in [0.15, 0.2) is 39.1 Å². The second-order valence-electron chi connectivity index (χ2n) is 5.92. The molecule has 11 heteroatoms. The number of aryl methyl sites for hydroxylation is 1. The first-order valence-corrected chi connectivity index (χ1v) is 10.2. The van der Waals surface area contributed by atoms with E-state index < -0.39 is 23.3 Å². The summed E-state index contributed by atoms with van der Waals surface area (Å²) in [5.41, 5.74) is 1.60. The maximum Gasteiger partial charge on any atom is 0.323 e. The predicted molar refractivity (Wildman–Crippen MR) is 112 cm³/mol. The molecule has 0 radical (unpaired) electrons. The van der Waals surface area contributed by atoms with E-state index in [1.807, 2.05) is 17.9 Å². The van der Waals surface area contributed by atoms with Gasteiger partial charge in [-0.05, 0) is 37.6 Å². The van der Waals surface area contributed by atoms with Crippen LogP contribution >= 0.6 is 35.7 Å². The molecule has 2 aliphatic rings. The number of carbonyl (C=O) groups excluding carboxylic acids is 1. The van der Waals surface area contributed by atoms with Gasteiger partial charge in [0.25, 0.3) is 11.6 Å². The largest absolute Gasteiger partial charge is 0.480 e. The van der Waals surface area contributed by atoms with Gasteiger partial charge in [-0.3, -0.25) is 24.6 Å². The number of hydrogen-bond donors (Lipinski definition) is 1. The fourth-order valence-corrected chi connectivity index (χ4v) is 5.23. The summed E-state index contributed by atoms with van der Waals surface area (Å²) in [5.74, 6) is -1.60. The van der Waals surface area contributed by atoms with Gasteiger partial charge in [0, 0.05) is 12.6 Å². The molecule has 28 heavy (non-hydrogen) atoms. The van der Waals surface area contributed by atoms with E-state index in [2.05, 4.69) is 0 Å². The van der Waals surface area contributed by atoms with Gasteiger partial charge in [-0.2, -0.15) is 0 Å². The second kappa shape index (κ2) is 7.94. The third-order valence-corrected chi connectivity index (χ3v) is 6.60. The number of thiocarbonyl (C=S) groups is 1. The molecule has 1 N–H and O–H groups in total. The minimum absolute atomic E-state index is 0.0506. The lowest BCUT2D eigenvalue weighted by Crippen LogP contribution is -2.33. The van der Waals surface area contributed by atoms with Crippen LogP contribution in [0.4, 0.5) is 11.4 Å². The highest BCUT2D eigenvalue weighted by atomic mass is 32.2. The Hall–Kier alpha value is -2.37. The quantitative estimate of drug-likeness (QED) is 0.321. The Balaban J connectivity index is 1.93. The Morgan fingerprint density at radius 2 is 2.04 bits per heavy atom. The number of thioether (sulfide) groups is 2. The van der Waals surface area contributed by atoms with Crippen molar-refractivity contribution in [3.8, 4) is 0 Å². The molecule has 1 aromatic rings. The van der Waals surface area contributed by atoms with Crippen LogP contribution in [-0.4, -0.2) is 44.2 Å². The number of nitrogens with zero attached hydrogens (tertiary/aromatic N) is 3. The molecule has 0 unspecified atom stereocenters. The zero-order chi connectivity index (χ0) is 20.6. The fraction of sp³-hybridized carbons (Fsp3) is 0.235. The summed E-state index contributed by atoms with van der Waals surface area (Å²) in [4.78, 5) is 38.1. The molecule has 1 fully saturated rings. The Morgan fingerprint density at radius 1 is 1.32 bits per heavy atom. The van der Waals surface area contributed by atoms with Crippen molar-refractivity contribution < 1.29 is 19.6 Å². The third kappa shape index (κ3) is 3.77. The van der Waals surface area contributed by atoms with Gasteiger partial charge < -0.3 is 10.0 Å². The van der Waals surface area contributed by atoms with Gasteiger partial charge in [0.2, 0.25) is 0 Å². The van der Waals surface area contributed by atoms with E-state index in [0.29, 0.717) is 16.3 Å². The summed E-state index contributed by atoms with van der Waals surface area (Å²) >= 11 is 7.38. The second-order valence-corrected chi connectivity index (χ2v) is 8.63. The van der Waals surface area contributed by atoms with Crippen LogP contribution in [0.5, 0.6) is 0 Å². The lowest BCUT2D eigenvalue weighted by atomic mass is 10.2. The number of amides is 1. The van der Waals surface area contributed by atoms with Crippen LogP contribution in [0.3, 0.4) is 0 Å². The van der Waals surface area contributed by atoms with Gasteiger partial charge in [-0.15, -0.1) is 0 Å². The summed E-state index contributed by atoms with van der Waals surface area (Å²) in [6, 6.07) is 3.44. The summed E-state index contributed by atoms with van der Waals surface area (Å²) in [7, 11) is 0. The van der Waals surface area contributed by atoms with E-state index in [9.17, 15) is 19.7 Å². The molecule has 1 aromatic carbocycles. The summed E-state index contributed by atoms with van der Waals surface area (Å²) in [5, 5.41) is 21.1. The third-order valence-electron chi connectivity index (χ3n) is 4.01. The molecule has 0 spiro atoms. The first kappa shape index (κ1) is 20.4. The van der Waals surface area contributed by atoms with Gasteiger partial charge in [0.1, 0.15) is 15.8 Å². The first-order chi connectivity index (χ1) is 13.2. The first-order valence-electron chi connectivity index (χ1n) is 8.14. The number of nitro benzene ring substituents is 1. The number of carboxylic acids is 1. The van der Waals surface area contributed by atoms with Gasteiger partial charge in [-0.1, -0.05) is 35.7 Å². The molecule has 1 saturated heterocycles. The minimum Gasteiger partial charge on any atom is -0.480 e. The Morgan fingerprint density at radius 3 is 2.64 bits per heavy atom. The molecule has 0 saturated carbocycles. The monoisotopic (exact) mass is 437 g/mol. The summed E-state index contributed by atoms with van der Waals surface area (Å²) < 4.78 is 0.193. The molecule has 0 atom stereocenters. The molecule has 3 rings (SSSR count). The zero-order valence-corrected chi connectivity index (χ0v) is 17.3. The van der Waals surface area contributed by atoms with Crippen LogP contribution in [0, 0.1) is 17.0 Å². The van der Waals surface area contributed by atoms with E-state index >= 15 is 0 Å². The minimum atomic E-state index is -1.14. The lowest BCUT2D eigenvalue weighted by Gasteiger charge is -2.17. The average Bonchev–Trinajstić information content (AvgIpc) is 3.10. The molecular formula is C17H15N3O5S3. The van der Waals surface area contributed by atoms with Crippen molar-refractivity contribution in [1.82, 2.24) is 4.90 Å². The molecule has 2 aliphatic heterocycles. The standard InChI is InChI=1S/C17H15N3O5S3/c1-3-18-10-6-9(2)7-11(20(24)25)15(10)28-13(18)5-4-12-16(23)19(8-14(21)22)17(26)27-12/h4-7H,3,8H2,1-2H3,(H,21,22)/b12-4+,13-5-. The van der Waals surface area contributed by atoms with Crippen molar-refractivity contribution in [2.45, 2.75) is 18.7 Å². The number of nitro groups is 1. The fourth-order valence-electron chi connectivity index (χ4n) is 2.84. The van der Waals surface area contributed by atoms with Crippen molar-refractivity contribution in [2.75, 3.05) is 18.0 Å². The van der Waals surface area contributed by atoms with Gasteiger partial charge in [0.15, 0.2) is 0 Å². The average molecular weight is 438 g/mol. The van der Waals surface area contributed by atoms with E-state index in [1.165, 1.54) is 11.8 Å². The summed E-state index contributed by atoms with van der Waals surface area (Å²) in [6.45, 7) is 3.86. The van der Waals surface area contributed by atoms with Crippen LogP contribution in [0.25, 0.3) is 0 Å². The molecule has 1 amide bonds. The molecule has 0 aliphatic carbocycles. The summed E-state index contributed by atoms with van der Waals surface area (Å²) in [6.07, 6.45) is 3.29. The molecule has 2 heterocycles. The molecular weight excluding hydrogens is 422 g/mol. The predicted octanol–water partition coefficient (Wildman–Crippen LogP) is 3.51. The normalized spacial score (nSPS) is 19.1. The van der Waals surface area contributed by atoms with Crippen molar-refractivity contribution in [3.05, 3.63) is 49.9 Å². The Bertz CT molecular complexity index is 973. The molecule has 0 bridgehead atoms. The topological polar surface area (TPSA) is 104 Å². The smallest absolute Gasteiger partial charge is 0.323 e. The Kier molecular flexibility index (Phi) is 5.77. The maximum absolute atomic E-state index is 12.4. The number of allylic oxidation sites excluding steroid dienone is 2. The van der Waals surface area contributed by atoms with Gasteiger partial charge >= 0.3 is 5.97 Å². The maximum atomic E-state index is 12.4. The number of aliphatic carboxylic acids is 1. The number of hydrogen-bond acceptors (Lipinski definition) is 8. The SMILES string of the molecule is CCN1/C(=C/C=C2/SC(=S)N(CC(=O)O)C2=O)Sc2c1cc(C)cc2[N+](=O)[O-]. The Labute approximate surface area is 174 Å². The molecule has 146 valence electrons. The van der Waals surface area contributed by atoms with Gasteiger partial charge in [0.05, 0.1) is 20.5 Å². The number of anilines is 1. The van der Waals surface area contributed by atoms with E-state index in [1.54, 1.807) is 25.1 Å².